The number of likely N-dealkylation sites (N-methyl/N-ethyl adjacent to an activating group) is 1. The number of thiophene rings is 1. The summed E-state index contributed by atoms with van der Waals surface area (Å²) in [7, 11) is 1.92. The second kappa shape index (κ2) is 7.97. The SMILES string of the molecule is C[C@H](NC(=O)CN(C)Cc1ccc(Cl)s1)c1ccc(Cl)cc1. The number of rotatable bonds is 6. The number of carbonyl (C=O) groups excluding carboxylic acids is 1. The lowest BCUT2D eigenvalue weighted by Crippen LogP contribution is -2.36. The Balaban J connectivity index is 1.82. The number of nitrogens with one attached hydrogen (secondary N) is 1. The number of amides is 1. The Hall–Kier alpha value is -1.07. The van der Waals surface area contributed by atoms with Crippen molar-refractivity contribution in [3.8, 4) is 0 Å². The van der Waals surface area contributed by atoms with E-state index < -0.39 is 0 Å². The summed E-state index contributed by atoms with van der Waals surface area (Å²) in [6.07, 6.45) is 0. The molecule has 0 spiro atoms. The van der Waals surface area contributed by atoms with Crippen molar-refractivity contribution in [2.24, 2.45) is 0 Å². The third-order valence-electron chi connectivity index (χ3n) is 3.22. The van der Waals surface area contributed by atoms with Crippen LogP contribution in [0.25, 0.3) is 0 Å². The van der Waals surface area contributed by atoms with Crippen molar-refractivity contribution < 1.29 is 4.79 Å². The lowest BCUT2D eigenvalue weighted by Gasteiger charge is -2.18. The first-order valence-corrected chi connectivity index (χ1v) is 8.49. The number of hydrogen-bond acceptors (Lipinski definition) is 3. The highest BCUT2D eigenvalue weighted by Crippen LogP contribution is 2.22. The maximum absolute atomic E-state index is 12.1. The Labute approximate surface area is 144 Å². The van der Waals surface area contributed by atoms with Crippen LogP contribution in [0, 0.1) is 0 Å². The summed E-state index contributed by atoms with van der Waals surface area (Å²) in [5.41, 5.74) is 1.03. The van der Waals surface area contributed by atoms with Gasteiger partial charge in [0, 0.05) is 16.4 Å². The molecule has 3 nitrogen and oxygen atoms in total. The molecule has 0 saturated carbocycles. The van der Waals surface area contributed by atoms with Crippen LogP contribution >= 0.6 is 34.5 Å². The maximum atomic E-state index is 12.1. The molecule has 0 bridgehead atoms. The van der Waals surface area contributed by atoms with Gasteiger partial charge in [0.25, 0.3) is 0 Å². The van der Waals surface area contributed by atoms with Gasteiger partial charge in [-0.05, 0) is 43.8 Å². The van der Waals surface area contributed by atoms with Gasteiger partial charge in [-0.3, -0.25) is 9.69 Å². The molecule has 6 heteroatoms. The molecule has 118 valence electrons. The van der Waals surface area contributed by atoms with E-state index in [0.717, 1.165) is 14.8 Å². The minimum Gasteiger partial charge on any atom is -0.348 e. The zero-order chi connectivity index (χ0) is 16.1. The number of nitrogens with zero attached hydrogens (tertiary/aromatic N) is 1. The average Bonchev–Trinajstić information content (AvgIpc) is 2.84. The van der Waals surface area contributed by atoms with Crippen LogP contribution in [0.3, 0.4) is 0 Å². The van der Waals surface area contributed by atoms with Gasteiger partial charge in [0.15, 0.2) is 0 Å². The molecule has 2 aromatic rings. The lowest BCUT2D eigenvalue weighted by molar-refractivity contribution is -0.122. The van der Waals surface area contributed by atoms with Gasteiger partial charge < -0.3 is 5.32 Å². The van der Waals surface area contributed by atoms with Crippen LogP contribution in [0.15, 0.2) is 36.4 Å². The van der Waals surface area contributed by atoms with E-state index in [-0.39, 0.29) is 11.9 Å². The summed E-state index contributed by atoms with van der Waals surface area (Å²) in [5, 5.41) is 3.68. The van der Waals surface area contributed by atoms with Gasteiger partial charge >= 0.3 is 0 Å². The molecule has 1 atom stereocenters. The summed E-state index contributed by atoms with van der Waals surface area (Å²) in [6.45, 7) is 3.01. The van der Waals surface area contributed by atoms with Crippen molar-refractivity contribution in [1.82, 2.24) is 10.2 Å². The fraction of sp³-hybridized carbons (Fsp3) is 0.312. The van der Waals surface area contributed by atoms with Crippen molar-refractivity contribution >= 4 is 40.4 Å². The third kappa shape index (κ3) is 5.29. The van der Waals surface area contributed by atoms with Crippen LogP contribution in [0.5, 0.6) is 0 Å². The van der Waals surface area contributed by atoms with Crippen molar-refractivity contribution in [3.05, 3.63) is 56.2 Å². The Kier molecular flexibility index (Phi) is 6.26. The van der Waals surface area contributed by atoms with Gasteiger partial charge in [-0.1, -0.05) is 35.3 Å². The predicted octanol–water partition coefficient (Wildman–Crippen LogP) is 4.36. The minimum absolute atomic E-state index is 0.00685. The molecule has 0 aliphatic carbocycles. The zero-order valence-corrected chi connectivity index (χ0v) is 14.8. The van der Waals surface area contributed by atoms with E-state index in [2.05, 4.69) is 5.32 Å². The van der Waals surface area contributed by atoms with Crippen molar-refractivity contribution in [2.75, 3.05) is 13.6 Å². The Morgan fingerprint density at radius 2 is 1.91 bits per heavy atom. The normalized spacial score (nSPS) is 12.4. The van der Waals surface area contributed by atoms with Crippen molar-refractivity contribution in [2.45, 2.75) is 19.5 Å². The van der Waals surface area contributed by atoms with E-state index in [1.807, 2.05) is 55.3 Å². The summed E-state index contributed by atoms with van der Waals surface area (Å²) in [6, 6.07) is 11.3. The number of halogens is 2. The maximum Gasteiger partial charge on any atom is 0.234 e. The molecule has 0 radical (unpaired) electrons. The second-order valence-corrected chi connectivity index (χ2v) is 7.45. The van der Waals surface area contributed by atoms with Crippen LogP contribution in [0.1, 0.15) is 23.4 Å². The van der Waals surface area contributed by atoms with Crippen LogP contribution in [-0.4, -0.2) is 24.4 Å². The predicted molar refractivity (Wildman–Crippen MR) is 93.7 cm³/mol. The second-order valence-electron chi connectivity index (χ2n) is 5.22. The van der Waals surface area contributed by atoms with E-state index in [1.54, 1.807) is 0 Å². The minimum atomic E-state index is -0.0469. The van der Waals surface area contributed by atoms with Crippen molar-refractivity contribution in [1.29, 1.82) is 0 Å². The smallest absolute Gasteiger partial charge is 0.234 e. The molecule has 0 saturated heterocycles. The first-order chi connectivity index (χ1) is 10.4. The monoisotopic (exact) mass is 356 g/mol. The zero-order valence-electron chi connectivity index (χ0n) is 12.5. The molecule has 1 N–H and O–H groups in total. The summed E-state index contributed by atoms with van der Waals surface area (Å²) >= 11 is 13.3. The Morgan fingerprint density at radius 1 is 1.23 bits per heavy atom. The highest BCUT2D eigenvalue weighted by Gasteiger charge is 2.12. The Morgan fingerprint density at radius 3 is 2.50 bits per heavy atom. The van der Waals surface area contributed by atoms with Crippen LogP contribution < -0.4 is 5.32 Å². The standard InChI is InChI=1S/C16H18Cl2N2OS/c1-11(12-3-5-13(17)6-4-12)19-16(21)10-20(2)9-14-7-8-15(18)22-14/h3-8,11H,9-10H2,1-2H3,(H,19,21)/t11-/m0/s1. The molecule has 22 heavy (non-hydrogen) atoms. The largest absolute Gasteiger partial charge is 0.348 e. The van der Waals surface area contributed by atoms with Crippen LogP contribution in [0.2, 0.25) is 9.36 Å². The van der Waals surface area contributed by atoms with E-state index in [0.29, 0.717) is 18.1 Å². The third-order valence-corrected chi connectivity index (χ3v) is 4.68. The quantitative estimate of drug-likeness (QED) is 0.833. The average molecular weight is 357 g/mol. The number of hydrogen-bond donors (Lipinski definition) is 1. The lowest BCUT2D eigenvalue weighted by atomic mass is 10.1. The molecular formula is C16H18Cl2N2OS. The summed E-state index contributed by atoms with van der Waals surface area (Å²) in [4.78, 5) is 15.2. The van der Waals surface area contributed by atoms with Gasteiger partial charge in [0.05, 0.1) is 16.9 Å². The molecular weight excluding hydrogens is 339 g/mol. The van der Waals surface area contributed by atoms with E-state index >= 15 is 0 Å². The van der Waals surface area contributed by atoms with Gasteiger partial charge in [-0.15, -0.1) is 11.3 Å². The topological polar surface area (TPSA) is 32.3 Å². The van der Waals surface area contributed by atoms with Crippen LogP contribution in [0.4, 0.5) is 0 Å². The van der Waals surface area contributed by atoms with Gasteiger partial charge in [0.1, 0.15) is 0 Å². The molecule has 0 aliphatic heterocycles. The Bertz CT molecular complexity index is 627. The van der Waals surface area contributed by atoms with Gasteiger partial charge in [0.2, 0.25) is 5.91 Å². The van der Waals surface area contributed by atoms with Crippen molar-refractivity contribution in [3.63, 3.8) is 0 Å². The van der Waals surface area contributed by atoms with E-state index in [1.165, 1.54) is 11.3 Å². The molecule has 1 aromatic carbocycles. The first-order valence-electron chi connectivity index (χ1n) is 6.91. The molecule has 0 unspecified atom stereocenters. The number of benzene rings is 1. The highest BCUT2D eigenvalue weighted by molar-refractivity contribution is 7.16. The number of carbonyl (C=O) groups is 1. The fourth-order valence-corrected chi connectivity index (χ4v) is 3.42. The summed E-state index contributed by atoms with van der Waals surface area (Å²) < 4.78 is 0.768. The fourth-order valence-electron chi connectivity index (χ4n) is 2.13. The molecule has 2 rings (SSSR count). The van der Waals surface area contributed by atoms with E-state index in [9.17, 15) is 4.79 Å². The van der Waals surface area contributed by atoms with Crippen LogP contribution in [-0.2, 0) is 11.3 Å². The molecule has 0 fully saturated rings. The molecule has 1 amide bonds. The van der Waals surface area contributed by atoms with E-state index in [4.69, 9.17) is 23.2 Å². The summed E-state index contributed by atoms with van der Waals surface area (Å²) in [5.74, 6) is -0.00685. The van der Waals surface area contributed by atoms with Gasteiger partial charge in [-0.25, -0.2) is 0 Å². The first kappa shape index (κ1) is 17.3. The highest BCUT2D eigenvalue weighted by atomic mass is 35.5. The van der Waals surface area contributed by atoms with Gasteiger partial charge in [-0.2, -0.15) is 0 Å². The molecule has 1 aromatic heterocycles. The molecule has 1 heterocycles. The molecule has 0 aliphatic rings.